The molecule has 1 aromatic rings. The number of carbonyl (C=O) groups is 1. The van der Waals surface area contributed by atoms with E-state index in [-0.39, 0.29) is 28.6 Å². The van der Waals surface area contributed by atoms with E-state index in [2.05, 4.69) is 5.10 Å². The van der Waals surface area contributed by atoms with Crippen molar-refractivity contribution >= 4 is 11.6 Å². The van der Waals surface area contributed by atoms with Crippen molar-refractivity contribution in [1.29, 1.82) is 0 Å². The monoisotopic (exact) mass is 326 g/mol. The Bertz CT molecular complexity index is 644. The minimum atomic E-state index is -4.98. The molecule has 1 heterocycles. The Morgan fingerprint density at radius 2 is 2.00 bits per heavy atom. The third-order valence-electron chi connectivity index (χ3n) is 4.60. The highest BCUT2D eigenvalue weighted by atomic mass is 19.4. The van der Waals surface area contributed by atoms with Crippen molar-refractivity contribution in [3.8, 4) is 0 Å². The molecule has 0 saturated heterocycles. The molecule has 1 aliphatic carbocycles. The molecule has 3 atom stereocenters. The molecule has 3 rings (SSSR count). The van der Waals surface area contributed by atoms with Crippen LogP contribution in [0.25, 0.3) is 0 Å². The molecule has 0 spiro atoms. The maximum absolute atomic E-state index is 13.7. The van der Waals surface area contributed by atoms with Crippen LogP contribution >= 0.6 is 0 Å². The van der Waals surface area contributed by atoms with Gasteiger partial charge in [0, 0.05) is 11.3 Å². The Hall–Kier alpha value is -1.89. The number of fused-ring (bicyclic) bond motifs is 1. The van der Waals surface area contributed by atoms with Crippen molar-refractivity contribution in [2.24, 2.45) is 16.9 Å². The standard InChI is InChI=1S/C16H17F3N2O2/c1-10-7-8-13-12(9-10)15(23,16(17,18)19)21(20-13)14(22)11-5-3-2-4-6-11/h2-6,10,12,23H,7-9H2,1H3/t10-,12-,15+/m1/s1. The summed E-state index contributed by atoms with van der Waals surface area (Å²) >= 11 is 0. The van der Waals surface area contributed by atoms with Crippen molar-refractivity contribution in [3.63, 3.8) is 0 Å². The van der Waals surface area contributed by atoms with E-state index >= 15 is 0 Å². The van der Waals surface area contributed by atoms with E-state index in [0.717, 1.165) is 0 Å². The van der Waals surface area contributed by atoms with E-state index < -0.39 is 23.7 Å². The number of rotatable bonds is 1. The molecular formula is C16H17F3N2O2. The highest BCUT2D eigenvalue weighted by Crippen LogP contribution is 2.49. The molecule has 1 amide bonds. The minimum Gasteiger partial charge on any atom is -0.362 e. The molecule has 0 unspecified atom stereocenters. The zero-order valence-corrected chi connectivity index (χ0v) is 12.5. The summed E-state index contributed by atoms with van der Waals surface area (Å²) in [5.74, 6) is -2.10. The molecule has 0 radical (unpaired) electrons. The van der Waals surface area contributed by atoms with Gasteiger partial charge < -0.3 is 5.11 Å². The summed E-state index contributed by atoms with van der Waals surface area (Å²) in [5.41, 5.74) is -2.96. The highest BCUT2D eigenvalue weighted by Gasteiger charge is 2.68. The first-order valence-electron chi connectivity index (χ1n) is 7.51. The topological polar surface area (TPSA) is 52.9 Å². The van der Waals surface area contributed by atoms with Crippen LogP contribution in [0.4, 0.5) is 13.2 Å². The Morgan fingerprint density at radius 1 is 1.35 bits per heavy atom. The van der Waals surface area contributed by atoms with Crippen molar-refractivity contribution in [2.45, 2.75) is 38.1 Å². The van der Waals surface area contributed by atoms with E-state index in [1.165, 1.54) is 12.1 Å². The van der Waals surface area contributed by atoms with Gasteiger partial charge >= 0.3 is 6.18 Å². The van der Waals surface area contributed by atoms with Crippen LogP contribution in [0.15, 0.2) is 35.4 Å². The molecule has 124 valence electrons. The van der Waals surface area contributed by atoms with Gasteiger partial charge in [-0.25, -0.2) is 0 Å². The molecule has 4 nitrogen and oxygen atoms in total. The molecule has 0 bridgehead atoms. The predicted octanol–water partition coefficient (Wildman–Crippen LogP) is 3.19. The number of alkyl halides is 3. The summed E-state index contributed by atoms with van der Waals surface area (Å²) in [6.07, 6.45) is -3.75. The lowest BCUT2D eigenvalue weighted by Crippen LogP contribution is -2.61. The fourth-order valence-corrected chi connectivity index (χ4v) is 3.31. The summed E-state index contributed by atoms with van der Waals surface area (Å²) in [4.78, 5) is 12.5. The van der Waals surface area contributed by atoms with Gasteiger partial charge in [0.05, 0.1) is 5.92 Å². The van der Waals surface area contributed by atoms with Gasteiger partial charge in [-0.1, -0.05) is 25.1 Å². The van der Waals surface area contributed by atoms with Crippen molar-refractivity contribution in [2.75, 3.05) is 0 Å². The maximum Gasteiger partial charge on any atom is 0.439 e. The summed E-state index contributed by atoms with van der Waals surface area (Å²) < 4.78 is 41.0. The van der Waals surface area contributed by atoms with E-state index in [1.807, 2.05) is 6.92 Å². The van der Waals surface area contributed by atoms with Crippen LogP contribution in [0.1, 0.15) is 36.5 Å². The minimum absolute atomic E-state index is 0.0413. The van der Waals surface area contributed by atoms with Gasteiger partial charge in [-0.3, -0.25) is 4.79 Å². The Balaban J connectivity index is 2.04. The van der Waals surface area contributed by atoms with Gasteiger partial charge in [0.1, 0.15) is 0 Å². The normalized spacial score (nSPS) is 30.8. The number of benzene rings is 1. The second-order valence-electron chi connectivity index (χ2n) is 6.23. The molecule has 0 aromatic heterocycles. The molecule has 7 heteroatoms. The molecule has 2 aliphatic rings. The first kappa shape index (κ1) is 16.0. The lowest BCUT2D eigenvalue weighted by molar-refractivity contribution is -0.313. The molecule has 23 heavy (non-hydrogen) atoms. The predicted molar refractivity (Wildman–Crippen MR) is 77.6 cm³/mol. The van der Waals surface area contributed by atoms with Crippen molar-refractivity contribution in [1.82, 2.24) is 5.01 Å². The van der Waals surface area contributed by atoms with Crippen LogP contribution in [-0.4, -0.2) is 33.6 Å². The van der Waals surface area contributed by atoms with Crippen LogP contribution in [0.3, 0.4) is 0 Å². The molecule has 1 N–H and O–H groups in total. The number of aliphatic hydroxyl groups is 1. The largest absolute Gasteiger partial charge is 0.439 e. The van der Waals surface area contributed by atoms with Crippen molar-refractivity contribution < 1.29 is 23.1 Å². The fourth-order valence-electron chi connectivity index (χ4n) is 3.31. The highest BCUT2D eigenvalue weighted by molar-refractivity contribution is 5.99. The van der Waals surface area contributed by atoms with Gasteiger partial charge in [0.2, 0.25) is 0 Å². The summed E-state index contributed by atoms with van der Waals surface area (Å²) in [5, 5.41) is 14.6. The Labute approximate surface area is 131 Å². The van der Waals surface area contributed by atoms with Gasteiger partial charge in [-0.15, -0.1) is 0 Å². The third-order valence-corrected chi connectivity index (χ3v) is 4.60. The summed E-state index contributed by atoms with van der Waals surface area (Å²) in [7, 11) is 0. The zero-order valence-electron chi connectivity index (χ0n) is 12.5. The number of halogens is 3. The summed E-state index contributed by atoms with van der Waals surface area (Å²) in [6, 6.07) is 7.58. The third kappa shape index (κ3) is 2.43. The molecule has 1 saturated carbocycles. The first-order chi connectivity index (χ1) is 10.7. The lowest BCUT2D eigenvalue weighted by atomic mass is 9.76. The molecular weight excluding hydrogens is 309 g/mol. The smallest absolute Gasteiger partial charge is 0.362 e. The number of nitrogens with zero attached hydrogens (tertiary/aromatic N) is 2. The lowest BCUT2D eigenvalue weighted by Gasteiger charge is -2.39. The first-order valence-corrected chi connectivity index (χ1v) is 7.51. The number of hydrazone groups is 1. The van der Waals surface area contributed by atoms with Crippen molar-refractivity contribution in [3.05, 3.63) is 35.9 Å². The molecule has 1 fully saturated rings. The van der Waals surface area contributed by atoms with E-state index in [4.69, 9.17) is 0 Å². The average molecular weight is 326 g/mol. The number of carbonyl (C=O) groups excluding carboxylic acids is 1. The number of hydrogen-bond donors (Lipinski definition) is 1. The van der Waals surface area contributed by atoms with Crippen LogP contribution in [0.2, 0.25) is 0 Å². The van der Waals surface area contributed by atoms with Gasteiger partial charge in [-0.2, -0.15) is 23.3 Å². The second-order valence-corrected chi connectivity index (χ2v) is 6.23. The van der Waals surface area contributed by atoms with Crippen LogP contribution < -0.4 is 0 Å². The van der Waals surface area contributed by atoms with E-state index in [0.29, 0.717) is 12.8 Å². The van der Waals surface area contributed by atoms with Gasteiger partial charge in [0.25, 0.3) is 11.6 Å². The van der Waals surface area contributed by atoms with Gasteiger partial charge in [-0.05, 0) is 37.3 Å². The number of hydrogen-bond acceptors (Lipinski definition) is 3. The van der Waals surface area contributed by atoms with Crippen LogP contribution in [0.5, 0.6) is 0 Å². The van der Waals surface area contributed by atoms with E-state index in [1.54, 1.807) is 18.2 Å². The average Bonchev–Trinajstić information content (AvgIpc) is 2.81. The number of amides is 1. The fraction of sp³-hybridized carbons (Fsp3) is 0.500. The zero-order chi connectivity index (χ0) is 16.8. The quantitative estimate of drug-likeness (QED) is 0.862. The Kier molecular flexibility index (Phi) is 3.71. The van der Waals surface area contributed by atoms with Gasteiger partial charge in [0.15, 0.2) is 0 Å². The Morgan fingerprint density at radius 3 is 2.61 bits per heavy atom. The molecule has 1 aromatic carbocycles. The van der Waals surface area contributed by atoms with E-state index in [9.17, 15) is 23.1 Å². The second kappa shape index (κ2) is 5.33. The summed E-state index contributed by atoms with van der Waals surface area (Å²) in [6.45, 7) is 1.84. The maximum atomic E-state index is 13.7. The van der Waals surface area contributed by atoms with Crippen LogP contribution in [0, 0.1) is 11.8 Å². The van der Waals surface area contributed by atoms with Crippen LogP contribution in [-0.2, 0) is 0 Å². The SMILES string of the molecule is C[C@@H]1CCC2=NN(C(=O)c3ccccc3)[C@@](O)(C(F)(F)F)[C@@H]2C1. The molecule has 1 aliphatic heterocycles.